The van der Waals surface area contributed by atoms with Crippen molar-refractivity contribution in [2.75, 3.05) is 6.67 Å². The Morgan fingerprint density at radius 3 is 2.29 bits per heavy atom. The monoisotopic (exact) mass is 240 g/mol. The Morgan fingerprint density at radius 2 is 1.88 bits per heavy atom. The van der Waals surface area contributed by atoms with Gasteiger partial charge in [-0.15, -0.1) is 0 Å². The predicted octanol–water partition coefficient (Wildman–Crippen LogP) is 3.31. The molecule has 0 bridgehead atoms. The molecule has 0 radical (unpaired) electrons. The molecule has 1 heterocycles. The van der Waals surface area contributed by atoms with Crippen LogP contribution in [0, 0.1) is 5.92 Å². The van der Waals surface area contributed by atoms with Crippen molar-refractivity contribution >= 4 is 7.12 Å². The summed E-state index contributed by atoms with van der Waals surface area (Å²) < 4.78 is 24.5. The zero-order valence-electron chi connectivity index (χ0n) is 11.3. The van der Waals surface area contributed by atoms with Gasteiger partial charge in [-0.2, -0.15) is 0 Å². The molecule has 1 saturated heterocycles. The van der Waals surface area contributed by atoms with Crippen LogP contribution in [0.25, 0.3) is 0 Å². The second-order valence-electron chi connectivity index (χ2n) is 6.16. The highest BCUT2D eigenvalue weighted by atomic mass is 19.1. The van der Waals surface area contributed by atoms with Crippen molar-refractivity contribution in [3.63, 3.8) is 0 Å². The van der Waals surface area contributed by atoms with Crippen molar-refractivity contribution in [3.8, 4) is 0 Å². The number of hydrogen-bond acceptors (Lipinski definition) is 2. The number of halogens is 1. The van der Waals surface area contributed by atoms with E-state index < -0.39 is 0 Å². The molecule has 0 aromatic heterocycles. The largest absolute Gasteiger partial charge is 0.490 e. The van der Waals surface area contributed by atoms with Crippen molar-refractivity contribution < 1.29 is 13.7 Å². The van der Waals surface area contributed by atoms with Crippen LogP contribution < -0.4 is 0 Å². The maximum absolute atomic E-state index is 12.5. The van der Waals surface area contributed by atoms with Crippen LogP contribution in [0.15, 0.2) is 11.5 Å². The van der Waals surface area contributed by atoms with E-state index in [2.05, 4.69) is 33.8 Å². The minimum absolute atomic E-state index is 0.196. The third kappa shape index (κ3) is 2.43. The molecule has 0 aromatic rings. The molecule has 0 N–H and O–H groups in total. The Balaban J connectivity index is 2.05. The number of allylic oxidation sites excluding steroid dienone is 2. The summed E-state index contributed by atoms with van der Waals surface area (Å²) in [6, 6.07) is 0. The third-order valence-electron chi connectivity index (χ3n) is 4.33. The normalized spacial score (nSPS) is 31.5. The van der Waals surface area contributed by atoms with Crippen molar-refractivity contribution in [2.24, 2.45) is 5.92 Å². The molecule has 0 spiro atoms. The van der Waals surface area contributed by atoms with Gasteiger partial charge in [-0.25, -0.2) is 0 Å². The SMILES string of the molecule is CC1(C)OB(C2=CCC(CF)CC2)OC1(C)C. The Hall–Kier alpha value is -0.345. The summed E-state index contributed by atoms with van der Waals surface area (Å²) in [5.74, 6) is 0.196. The smallest absolute Gasteiger partial charge is 0.400 e. The van der Waals surface area contributed by atoms with Gasteiger partial charge in [0.2, 0.25) is 0 Å². The molecule has 0 saturated carbocycles. The van der Waals surface area contributed by atoms with Crippen LogP contribution in [0.1, 0.15) is 47.0 Å². The van der Waals surface area contributed by atoms with Crippen LogP contribution in [0.5, 0.6) is 0 Å². The summed E-state index contributed by atoms with van der Waals surface area (Å²) in [5, 5.41) is 0. The van der Waals surface area contributed by atoms with E-state index in [4.69, 9.17) is 9.31 Å². The van der Waals surface area contributed by atoms with E-state index in [9.17, 15) is 4.39 Å². The quantitative estimate of drug-likeness (QED) is 0.689. The van der Waals surface area contributed by atoms with E-state index >= 15 is 0 Å². The van der Waals surface area contributed by atoms with Crippen molar-refractivity contribution in [2.45, 2.75) is 58.2 Å². The van der Waals surface area contributed by atoms with Crippen LogP contribution in [-0.2, 0) is 9.31 Å². The molecular formula is C13H22BFO2. The topological polar surface area (TPSA) is 18.5 Å². The lowest BCUT2D eigenvalue weighted by Gasteiger charge is -2.32. The van der Waals surface area contributed by atoms with Gasteiger partial charge < -0.3 is 9.31 Å². The fraction of sp³-hybridized carbons (Fsp3) is 0.846. The molecule has 1 aliphatic carbocycles. The van der Waals surface area contributed by atoms with Gasteiger partial charge in [0.05, 0.1) is 17.9 Å². The lowest BCUT2D eigenvalue weighted by atomic mass is 9.71. The molecule has 1 atom stereocenters. The number of alkyl halides is 1. The maximum atomic E-state index is 12.5. The van der Waals surface area contributed by atoms with E-state index in [1.807, 2.05) is 0 Å². The Labute approximate surface area is 104 Å². The molecule has 2 nitrogen and oxygen atoms in total. The summed E-state index contributed by atoms with van der Waals surface area (Å²) >= 11 is 0. The van der Waals surface area contributed by atoms with Gasteiger partial charge in [0.15, 0.2) is 0 Å². The first kappa shape index (κ1) is 13.1. The molecule has 4 heteroatoms. The Bertz CT molecular complexity index is 309. The van der Waals surface area contributed by atoms with E-state index in [0.29, 0.717) is 0 Å². The van der Waals surface area contributed by atoms with Crippen LogP contribution >= 0.6 is 0 Å². The molecule has 2 rings (SSSR count). The highest BCUT2D eigenvalue weighted by molar-refractivity contribution is 6.54. The molecule has 1 fully saturated rings. The average molecular weight is 240 g/mol. The lowest BCUT2D eigenvalue weighted by Crippen LogP contribution is -2.41. The summed E-state index contributed by atoms with van der Waals surface area (Å²) in [6.07, 6.45) is 4.73. The van der Waals surface area contributed by atoms with Crippen LogP contribution in [0.3, 0.4) is 0 Å². The van der Waals surface area contributed by atoms with E-state index in [0.717, 1.165) is 19.3 Å². The van der Waals surface area contributed by atoms with Crippen LogP contribution in [0.2, 0.25) is 0 Å². The summed E-state index contributed by atoms with van der Waals surface area (Å²) in [7, 11) is -0.236. The van der Waals surface area contributed by atoms with Gasteiger partial charge in [0.25, 0.3) is 0 Å². The van der Waals surface area contributed by atoms with Crippen molar-refractivity contribution in [3.05, 3.63) is 11.5 Å². The van der Waals surface area contributed by atoms with Gasteiger partial charge in [-0.05, 0) is 58.3 Å². The first-order valence-corrected chi connectivity index (χ1v) is 6.46. The fourth-order valence-electron chi connectivity index (χ4n) is 2.26. The van der Waals surface area contributed by atoms with Gasteiger partial charge in [-0.1, -0.05) is 6.08 Å². The van der Waals surface area contributed by atoms with Gasteiger partial charge >= 0.3 is 7.12 Å². The number of rotatable bonds is 2. The minimum Gasteiger partial charge on any atom is -0.400 e. The first-order valence-electron chi connectivity index (χ1n) is 6.46. The minimum atomic E-state index is -0.282. The van der Waals surface area contributed by atoms with Crippen molar-refractivity contribution in [1.29, 1.82) is 0 Å². The predicted molar refractivity (Wildman–Crippen MR) is 67.5 cm³/mol. The van der Waals surface area contributed by atoms with Crippen molar-refractivity contribution in [1.82, 2.24) is 0 Å². The fourth-order valence-corrected chi connectivity index (χ4v) is 2.26. The highest BCUT2D eigenvalue weighted by Crippen LogP contribution is 2.40. The highest BCUT2D eigenvalue weighted by Gasteiger charge is 2.52. The van der Waals surface area contributed by atoms with Gasteiger partial charge in [0.1, 0.15) is 0 Å². The summed E-state index contributed by atoms with van der Waals surface area (Å²) in [6.45, 7) is 8.01. The molecule has 96 valence electrons. The maximum Gasteiger partial charge on any atom is 0.490 e. The third-order valence-corrected chi connectivity index (χ3v) is 4.33. The Morgan fingerprint density at radius 1 is 1.29 bits per heavy atom. The van der Waals surface area contributed by atoms with E-state index in [1.54, 1.807) is 0 Å². The average Bonchev–Trinajstić information content (AvgIpc) is 2.48. The molecule has 2 aliphatic rings. The lowest BCUT2D eigenvalue weighted by molar-refractivity contribution is 0.00578. The number of hydrogen-bond donors (Lipinski definition) is 0. The van der Waals surface area contributed by atoms with Gasteiger partial charge in [0, 0.05) is 0 Å². The Kier molecular flexibility index (Phi) is 3.39. The second-order valence-corrected chi connectivity index (χ2v) is 6.16. The van der Waals surface area contributed by atoms with E-state index in [1.165, 1.54) is 5.47 Å². The molecule has 0 amide bonds. The molecular weight excluding hydrogens is 218 g/mol. The molecule has 1 aliphatic heterocycles. The summed E-state index contributed by atoms with van der Waals surface area (Å²) in [4.78, 5) is 0. The first-order chi connectivity index (χ1) is 7.86. The van der Waals surface area contributed by atoms with E-state index in [-0.39, 0.29) is 30.9 Å². The molecule has 0 aromatic carbocycles. The van der Waals surface area contributed by atoms with Crippen LogP contribution in [-0.4, -0.2) is 25.0 Å². The zero-order valence-corrected chi connectivity index (χ0v) is 11.3. The molecule has 17 heavy (non-hydrogen) atoms. The molecule has 1 unspecified atom stereocenters. The van der Waals surface area contributed by atoms with Crippen LogP contribution in [0.4, 0.5) is 4.39 Å². The zero-order chi connectivity index (χ0) is 12.7. The standard InChI is InChI=1S/C13H22BFO2/c1-12(2)13(3,4)17-14(16-12)11-7-5-10(9-15)6-8-11/h7,10H,5-6,8-9H2,1-4H3. The van der Waals surface area contributed by atoms with Gasteiger partial charge in [-0.3, -0.25) is 4.39 Å². The second kappa shape index (κ2) is 4.40. The summed E-state index contributed by atoms with van der Waals surface area (Å²) in [5.41, 5.74) is 0.624.